The molecule has 0 radical (unpaired) electrons. The van der Waals surface area contributed by atoms with Crippen LogP contribution in [0.1, 0.15) is 32.8 Å². The summed E-state index contributed by atoms with van der Waals surface area (Å²) in [5.74, 6) is 1.52. The molecule has 1 fully saturated rings. The van der Waals surface area contributed by atoms with Crippen LogP contribution in [0.5, 0.6) is 0 Å². The molecule has 1 saturated heterocycles. The Balaban J connectivity index is 2.32. The first-order valence-electron chi connectivity index (χ1n) is 6.80. The van der Waals surface area contributed by atoms with Crippen LogP contribution in [-0.4, -0.2) is 18.4 Å². The minimum absolute atomic E-state index is 0.112. The number of amidine groups is 1. The van der Waals surface area contributed by atoms with Gasteiger partial charge in [0.25, 0.3) is 0 Å². The number of anilines is 1. The SMILES string of the molecule is CC1CC(C)C(C)N(c2ccc(C(=N)N)cc2Br)C1. The van der Waals surface area contributed by atoms with E-state index in [1.165, 1.54) is 12.1 Å². The Hall–Kier alpha value is -1.03. The summed E-state index contributed by atoms with van der Waals surface area (Å²) in [5.41, 5.74) is 7.50. The van der Waals surface area contributed by atoms with Gasteiger partial charge in [-0.3, -0.25) is 5.41 Å². The lowest BCUT2D eigenvalue weighted by molar-refractivity contribution is 0.297. The summed E-state index contributed by atoms with van der Waals surface area (Å²) in [4.78, 5) is 2.47. The highest BCUT2D eigenvalue weighted by Gasteiger charge is 2.29. The number of nitrogens with two attached hydrogens (primary N) is 1. The van der Waals surface area contributed by atoms with Crippen molar-refractivity contribution in [2.24, 2.45) is 17.6 Å². The number of halogens is 1. The second-order valence-electron chi connectivity index (χ2n) is 5.79. The molecule has 0 aromatic heterocycles. The Morgan fingerprint density at radius 1 is 1.37 bits per heavy atom. The predicted molar refractivity (Wildman–Crippen MR) is 84.9 cm³/mol. The normalized spacial score (nSPS) is 27.4. The Morgan fingerprint density at radius 3 is 2.63 bits per heavy atom. The molecule has 1 aromatic carbocycles. The number of piperidine rings is 1. The van der Waals surface area contributed by atoms with E-state index in [1.807, 2.05) is 12.1 Å². The van der Waals surface area contributed by atoms with Gasteiger partial charge in [-0.2, -0.15) is 0 Å². The maximum absolute atomic E-state index is 7.49. The predicted octanol–water partition coefficient (Wildman–Crippen LogP) is 3.60. The van der Waals surface area contributed by atoms with Gasteiger partial charge in [-0.25, -0.2) is 0 Å². The van der Waals surface area contributed by atoms with E-state index in [2.05, 4.69) is 47.7 Å². The van der Waals surface area contributed by atoms with Crippen molar-refractivity contribution in [3.05, 3.63) is 28.2 Å². The molecule has 1 aliphatic heterocycles. The standard InChI is InChI=1S/C15H22BrN3/c1-9-6-10(2)11(3)19(8-9)14-5-4-12(15(17)18)7-13(14)16/h4-5,7,9-11H,6,8H2,1-3H3,(H3,17,18). The van der Waals surface area contributed by atoms with E-state index in [-0.39, 0.29) is 5.84 Å². The first-order chi connectivity index (χ1) is 8.90. The van der Waals surface area contributed by atoms with Crippen LogP contribution in [0.4, 0.5) is 5.69 Å². The van der Waals surface area contributed by atoms with E-state index in [0.717, 1.165) is 16.6 Å². The van der Waals surface area contributed by atoms with Gasteiger partial charge in [0.1, 0.15) is 5.84 Å². The minimum atomic E-state index is 0.112. The summed E-state index contributed by atoms with van der Waals surface area (Å²) in [6.07, 6.45) is 1.29. The molecule has 1 aliphatic rings. The summed E-state index contributed by atoms with van der Waals surface area (Å²) in [6, 6.07) is 6.48. The zero-order valence-electron chi connectivity index (χ0n) is 11.8. The average molecular weight is 324 g/mol. The van der Waals surface area contributed by atoms with Gasteiger partial charge in [0, 0.05) is 22.6 Å². The van der Waals surface area contributed by atoms with E-state index in [0.29, 0.717) is 17.9 Å². The molecule has 3 N–H and O–H groups in total. The fourth-order valence-corrected chi connectivity index (χ4v) is 3.55. The zero-order valence-corrected chi connectivity index (χ0v) is 13.4. The smallest absolute Gasteiger partial charge is 0.122 e. The van der Waals surface area contributed by atoms with Crippen molar-refractivity contribution in [3.63, 3.8) is 0 Å². The summed E-state index contributed by atoms with van der Waals surface area (Å²) in [5, 5.41) is 7.49. The molecule has 3 nitrogen and oxygen atoms in total. The van der Waals surface area contributed by atoms with Crippen LogP contribution in [0, 0.1) is 17.2 Å². The van der Waals surface area contributed by atoms with E-state index in [4.69, 9.17) is 11.1 Å². The number of nitrogens with zero attached hydrogens (tertiary/aromatic N) is 1. The molecule has 0 amide bonds. The van der Waals surface area contributed by atoms with Crippen LogP contribution in [0.25, 0.3) is 0 Å². The molecular formula is C15H22BrN3. The third-order valence-corrected chi connectivity index (χ3v) is 4.80. The lowest BCUT2D eigenvalue weighted by Gasteiger charge is -2.43. The second-order valence-corrected chi connectivity index (χ2v) is 6.65. The topological polar surface area (TPSA) is 53.1 Å². The zero-order chi connectivity index (χ0) is 14.2. The number of nitrogens with one attached hydrogen (secondary N) is 1. The molecule has 2 rings (SSSR count). The van der Waals surface area contributed by atoms with Crippen molar-refractivity contribution in [1.29, 1.82) is 5.41 Å². The summed E-state index contributed by atoms with van der Waals surface area (Å²) >= 11 is 3.62. The van der Waals surface area contributed by atoms with Crippen molar-refractivity contribution in [3.8, 4) is 0 Å². The molecule has 0 bridgehead atoms. The lowest BCUT2D eigenvalue weighted by Crippen LogP contribution is -2.46. The van der Waals surface area contributed by atoms with E-state index in [9.17, 15) is 0 Å². The van der Waals surface area contributed by atoms with Crippen LogP contribution >= 0.6 is 15.9 Å². The fourth-order valence-electron chi connectivity index (χ4n) is 2.94. The van der Waals surface area contributed by atoms with Gasteiger partial charge < -0.3 is 10.6 Å². The van der Waals surface area contributed by atoms with Crippen molar-refractivity contribution in [2.45, 2.75) is 33.2 Å². The van der Waals surface area contributed by atoms with Gasteiger partial charge in [-0.15, -0.1) is 0 Å². The van der Waals surface area contributed by atoms with Gasteiger partial charge >= 0.3 is 0 Å². The summed E-state index contributed by atoms with van der Waals surface area (Å²) in [6.45, 7) is 8.02. The van der Waals surface area contributed by atoms with Crippen molar-refractivity contribution >= 4 is 27.5 Å². The molecule has 0 spiro atoms. The van der Waals surface area contributed by atoms with E-state index >= 15 is 0 Å². The van der Waals surface area contributed by atoms with Crippen molar-refractivity contribution < 1.29 is 0 Å². The maximum Gasteiger partial charge on any atom is 0.122 e. The number of benzene rings is 1. The quantitative estimate of drug-likeness (QED) is 0.645. The summed E-state index contributed by atoms with van der Waals surface area (Å²) in [7, 11) is 0. The molecule has 1 heterocycles. The number of hydrogen-bond acceptors (Lipinski definition) is 2. The molecule has 3 unspecified atom stereocenters. The van der Waals surface area contributed by atoms with Crippen LogP contribution in [-0.2, 0) is 0 Å². The highest BCUT2D eigenvalue weighted by molar-refractivity contribution is 9.10. The largest absolute Gasteiger partial charge is 0.384 e. The van der Waals surface area contributed by atoms with Gasteiger partial charge in [0.2, 0.25) is 0 Å². The van der Waals surface area contributed by atoms with Gasteiger partial charge in [0.05, 0.1) is 5.69 Å². The average Bonchev–Trinajstić information content (AvgIpc) is 2.33. The first kappa shape index (κ1) is 14.4. The van der Waals surface area contributed by atoms with E-state index in [1.54, 1.807) is 0 Å². The second kappa shape index (κ2) is 5.53. The van der Waals surface area contributed by atoms with Crippen LogP contribution in [0.2, 0.25) is 0 Å². The Labute approximate surface area is 123 Å². The van der Waals surface area contributed by atoms with Crippen LogP contribution < -0.4 is 10.6 Å². The molecule has 3 atom stereocenters. The Morgan fingerprint density at radius 2 is 2.05 bits per heavy atom. The van der Waals surface area contributed by atoms with Crippen molar-refractivity contribution in [2.75, 3.05) is 11.4 Å². The third-order valence-electron chi connectivity index (χ3n) is 4.17. The number of hydrogen-bond donors (Lipinski definition) is 2. The van der Waals surface area contributed by atoms with E-state index < -0.39 is 0 Å². The first-order valence-corrected chi connectivity index (χ1v) is 7.60. The highest BCUT2D eigenvalue weighted by atomic mass is 79.9. The molecule has 0 aliphatic carbocycles. The van der Waals surface area contributed by atoms with Gasteiger partial charge in [-0.05, 0) is 59.3 Å². The molecular weight excluding hydrogens is 302 g/mol. The fraction of sp³-hybridized carbons (Fsp3) is 0.533. The maximum atomic E-state index is 7.49. The number of rotatable bonds is 2. The molecule has 1 aromatic rings. The highest BCUT2D eigenvalue weighted by Crippen LogP contribution is 2.35. The lowest BCUT2D eigenvalue weighted by atomic mass is 9.85. The molecule has 104 valence electrons. The minimum Gasteiger partial charge on any atom is -0.384 e. The van der Waals surface area contributed by atoms with Gasteiger partial charge in [0.15, 0.2) is 0 Å². The molecule has 19 heavy (non-hydrogen) atoms. The molecule has 0 saturated carbocycles. The Kier molecular flexibility index (Phi) is 4.19. The third kappa shape index (κ3) is 2.94. The van der Waals surface area contributed by atoms with Gasteiger partial charge in [-0.1, -0.05) is 13.8 Å². The Bertz CT molecular complexity index is 486. The number of nitrogen functional groups attached to an aromatic ring is 1. The van der Waals surface area contributed by atoms with Crippen LogP contribution in [0.3, 0.4) is 0 Å². The monoisotopic (exact) mass is 323 g/mol. The van der Waals surface area contributed by atoms with Crippen molar-refractivity contribution in [1.82, 2.24) is 0 Å². The summed E-state index contributed by atoms with van der Waals surface area (Å²) < 4.78 is 1.02. The van der Waals surface area contributed by atoms with Crippen LogP contribution in [0.15, 0.2) is 22.7 Å². The molecule has 4 heteroatoms.